The fraction of sp³-hybridized carbons (Fsp3) is 0.412. The second-order valence-electron chi connectivity index (χ2n) is 5.39. The van der Waals surface area contributed by atoms with Crippen molar-refractivity contribution >= 4 is 23.1 Å². The third-order valence-electron chi connectivity index (χ3n) is 3.67. The smallest absolute Gasteiger partial charge is 0.133 e. The molecule has 0 unspecified atom stereocenters. The summed E-state index contributed by atoms with van der Waals surface area (Å²) in [6, 6.07) is 11.3. The molecule has 0 radical (unpaired) electrons. The van der Waals surface area contributed by atoms with Crippen molar-refractivity contribution in [3.8, 4) is 5.75 Å². The van der Waals surface area contributed by atoms with Gasteiger partial charge in [0.15, 0.2) is 0 Å². The zero-order valence-corrected chi connectivity index (χ0v) is 14.2. The monoisotopic (exact) mass is 319 g/mol. The highest BCUT2D eigenvalue weighted by atomic mass is 32.2. The molecule has 2 aromatic rings. The molecule has 1 saturated carbocycles. The molecule has 1 aromatic heterocycles. The van der Waals surface area contributed by atoms with Crippen LogP contribution >= 0.6 is 23.1 Å². The van der Waals surface area contributed by atoms with Gasteiger partial charge in [-0.3, -0.25) is 0 Å². The Hall–Kier alpha value is -0.970. The van der Waals surface area contributed by atoms with Crippen LogP contribution in [0.15, 0.2) is 35.2 Å². The van der Waals surface area contributed by atoms with Crippen molar-refractivity contribution in [1.82, 2.24) is 5.32 Å². The number of hydrogen-bond donors (Lipinski definition) is 1. The second-order valence-corrected chi connectivity index (χ2v) is 7.58. The molecule has 1 aliphatic rings. The lowest BCUT2D eigenvalue weighted by Gasteiger charge is -2.09. The quantitative estimate of drug-likeness (QED) is 0.753. The van der Waals surface area contributed by atoms with E-state index in [1.54, 1.807) is 11.8 Å². The Labute approximate surface area is 134 Å². The number of rotatable bonds is 7. The minimum atomic E-state index is 0.656. The highest BCUT2D eigenvalue weighted by Gasteiger charge is 2.20. The Bertz CT molecular complexity index is 605. The predicted molar refractivity (Wildman–Crippen MR) is 91.5 cm³/mol. The number of ether oxygens (including phenoxy) is 1. The average molecular weight is 319 g/mol. The van der Waals surface area contributed by atoms with Crippen molar-refractivity contribution in [2.75, 3.05) is 6.26 Å². The van der Waals surface area contributed by atoms with Crippen LogP contribution in [0.25, 0.3) is 0 Å². The molecule has 112 valence electrons. The predicted octanol–water partition coefficient (Wildman–Crippen LogP) is 4.61. The van der Waals surface area contributed by atoms with Crippen molar-refractivity contribution in [3.63, 3.8) is 0 Å². The molecule has 1 heterocycles. The van der Waals surface area contributed by atoms with Gasteiger partial charge in [-0.2, -0.15) is 0 Å². The lowest BCUT2D eigenvalue weighted by atomic mass is 10.2. The van der Waals surface area contributed by atoms with Crippen LogP contribution in [0.2, 0.25) is 0 Å². The first kappa shape index (κ1) is 14.9. The van der Waals surface area contributed by atoms with Gasteiger partial charge < -0.3 is 10.1 Å². The third-order valence-corrected chi connectivity index (χ3v) is 5.54. The average Bonchev–Trinajstić information content (AvgIpc) is 3.27. The lowest BCUT2D eigenvalue weighted by Crippen LogP contribution is -2.14. The number of thioether (sulfide) groups is 1. The first-order valence-corrected chi connectivity index (χ1v) is 9.38. The summed E-state index contributed by atoms with van der Waals surface area (Å²) in [7, 11) is 0. The number of benzene rings is 1. The van der Waals surface area contributed by atoms with Crippen LogP contribution in [0, 0.1) is 6.92 Å². The molecule has 0 aliphatic heterocycles. The Balaban J connectivity index is 1.61. The molecule has 0 bridgehead atoms. The van der Waals surface area contributed by atoms with Crippen LogP contribution in [-0.2, 0) is 13.2 Å². The van der Waals surface area contributed by atoms with Gasteiger partial charge in [-0.25, -0.2) is 0 Å². The Morgan fingerprint density at radius 3 is 2.90 bits per heavy atom. The summed E-state index contributed by atoms with van der Waals surface area (Å²) in [5.41, 5.74) is 1.31. The number of para-hydroxylation sites is 1. The van der Waals surface area contributed by atoms with Gasteiger partial charge in [0.25, 0.3) is 0 Å². The summed E-state index contributed by atoms with van der Waals surface area (Å²) in [6.45, 7) is 3.84. The summed E-state index contributed by atoms with van der Waals surface area (Å²) in [6.07, 6.45) is 4.76. The zero-order chi connectivity index (χ0) is 14.7. The molecular formula is C17H21NOS2. The van der Waals surface area contributed by atoms with Crippen LogP contribution in [0.1, 0.15) is 28.2 Å². The number of nitrogens with one attached hydrogen (secondary N) is 1. The molecule has 0 spiro atoms. The van der Waals surface area contributed by atoms with E-state index in [2.05, 4.69) is 36.7 Å². The first-order valence-electron chi connectivity index (χ1n) is 7.33. The Morgan fingerprint density at radius 1 is 1.33 bits per heavy atom. The molecule has 2 nitrogen and oxygen atoms in total. The number of aryl methyl sites for hydroxylation is 1. The van der Waals surface area contributed by atoms with E-state index in [1.807, 2.05) is 23.5 Å². The Kier molecular flexibility index (Phi) is 4.88. The standard InChI is InChI=1S/C17H21NOS2/c1-12-13(9-15(21-12)10-18-14-7-8-14)11-19-16-5-3-4-6-17(16)20-2/h3-6,9,14,18H,7-8,10-11H2,1-2H3. The van der Waals surface area contributed by atoms with E-state index in [-0.39, 0.29) is 0 Å². The van der Waals surface area contributed by atoms with Crippen molar-refractivity contribution in [2.24, 2.45) is 0 Å². The normalized spacial score (nSPS) is 14.4. The van der Waals surface area contributed by atoms with Crippen LogP contribution in [-0.4, -0.2) is 12.3 Å². The van der Waals surface area contributed by atoms with E-state index in [9.17, 15) is 0 Å². The zero-order valence-electron chi connectivity index (χ0n) is 12.5. The highest BCUT2D eigenvalue weighted by Crippen LogP contribution is 2.29. The minimum Gasteiger partial charge on any atom is -0.488 e. The molecule has 1 aliphatic carbocycles. The van der Waals surface area contributed by atoms with E-state index in [0.29, 0.717) is 6.61 Å². The summed E-state index contributed by atoms with van der Waals surface area (Å²) in [5, 5.41) is 3.57. The Morgan fingerprint density at radius 2 is 2.14 bits per heavy atom. The minimum absolute atomic E-state index is 0.656. The van der Waals surface area contributed by atoms with E-state index in [1.165, 1.54) is 33.1 Å². The van der Waals surface area contributed by atoms with Gasteiger partial charge in [0.2, 0.25) is 0 Å². The van der Waals surface area contributed by atoms with Gasteiger partial charge in [-0.05, 0) is 44.2 Å². The van der Waals surface area contributed by atoms with E-state index < -0.39 is 0 Å². The molecule has 1 fully saturated rings. The fourth-order valence-corrected chi connectivity index (χ4v) is 3.79. The molecular weight excluding hydrogens is 298 g/mol. The molecule has 3 rings (SSSR count). The topological polar surface area (TPSA) is 21.3 Å². The molecule has 21 heavy (non-hydrogen) atoms. The third kappa shape index (κ3) is 4.02. The lowest BCUT2D eigenvalue weighted by molar-refractivity contribution is 0.298. The van der Waals surface area contributed by atoms with E-state index >= 15 is 0 Å². The molecule has 1 N–H and O–H groups in total. The maximum Gasteiger partial charge on any atom is 0.133 e. The van der Waals surface area contributed by atoms with Gasteiger partial charge in [0, 0.05) is 32.8 Å². The van der Waals surface area contributed by atoms with Crippen LogP contribution in [0.3, 0.4) is 0 Å². The highest BCUT2D eigenvalue weighted by molar-refractivity contribution is 7.98. The van der Waals surface area contributed by atoms with Crippen molar-refractivity contribution in [1.29, 1.82) is 0 Å². The summed E-state index contributed by atoms with van der Waals surface area (Å²) < 4.78 is 6.01. The molecule has 0 saturated heterocycles. The maximum atomic E-state index is 6.01. The van der Waals surface area contributed by atoms with Crippen LogP contribution in [0.4, 0.5) is 0 Å². The van der Waals surface area contributed by atoms with Gasteiger partial charge in [-0.15, -0.1) is 23.1 Å². The van der Waals surface area contributed by atoms with Gasteiger partial charge in [0.1, 0.15) is 12.4 Å². The van der Waals surface area contributed by atoms with Crippen LogP contribution in [0.5, 0.6) is 5.75 Å². The summed E-state index contributed by atoms with van der Waals surface area (Å²) in [5.74, 6) is 0.980. The summed E-state index contributed by atoms with van der Waals surface area (Å²) >= 11 is 3.61. The number of hydrogen-bond acceptors (Lipinski definition) is 4. The fourth-order valence-electron chi connectivity index (χ4n) is 2.24. The van der Waals surface area contributed by atoms with Crippen molar-refractivity contribution < 1.29 is 4.74 Å². The van der Waals surface area contributed by atoms with E-state index in [0.717, 1.165) is 18.3 Å². The van der Waals surface area contributed by atoms with Gasteiger partial charge in [0.05, 0.1) is 0 Å². The number of thiophene rings is 1. The van der Waals surface area contributed by atoms with Crippen molar-refractivity contribution in [3.05, 3.63) is 45.6 Å². The molecule has 0 atom stereocenters. The van der Waals surface area contributed by atoms with Gasteiger partial charge >= 0.3 is 0 Å². The SMILES string of the molecule is CSc1ccccc1OCc1cc(CNC2CC2)sc1C. The van der Waals surface area contributed by atoms with E-state index in [4.69, 9.17) is 4.74 Å². The first-order chi connectivity index (χ1) is 10.3. The molecule has 1 aromatic carbocycles. The largest absolute Gasteiger partial charge is 0.488 e. The van der Waals surface area contributed by atoms with Gasteiger partial charge in [-0.1, -0.05) is 12.1 Å². The van der Waals surface area contributed by atoms with Crippen LogP contribution < -0.4 is 10.1 Å². The molecule has 0 amide bonds. The van der Waals surface area contributed by atoms with Crippen molar-refractivity contribution in [2.45, 2.75) is 43.9 Å². The summed E-state index contributed by atoms with van der Waals surface area (Å²) in [4.78, 5) is 3.97. The second kappa shape index (κ2) is 6.86. The maximum absolute atomic E-state index is 6.01. The molecule has 4 heteroatoms.